The van der Waals surface area contributed by atoms with Crippen LogP contribution < -0.4 is 10.1 Å². The third-order valence-electron chi connectivity index (χ3n) is 4.48. The fourth-order valence-corrected chi connectivity index (χ4v) is 2.80. The Morgan fingerprint density at radius 3 is 2.41 bits per heavy atom. The number of nitrogens with zero attached hydrogens (tertiary/aromatic N) is 1. The molecule has 160 valence electrons. The molecule has 3 aromatic rings. The van der Waals surface area contributed by atoms with Gasteiger partial charge in [-0.05, 0) is 42.0 Å². The monoisotopic (exact) mass is 430 g/mol. The quantitative estimate of drug-likeness (QED) is 0.332. The minimum Gasteiger partial charge on any atom is -0.488 e. The van der Waals surface area contributed by atoms with Crippen molar-refractivity contribution in [3.63, 3.8) is 0 Å². The summed E-state index contributed by atoms with van der Waals surface area (Å²) in [5.74, 6) is -1.30. The van der Waals surface area contributed by atoms with E-state index in [-0.39, 0.29) is 17.9 Å². The molecule has 32 heavy (non-hydrogen) atoms. The highest BCUT2D eigenvalue weighted by Crippen LogP contribution is 2.23. The second-order valence-corrected chi connectivity index (χ2v) is 6.62. The first-order valence-electron chi connectivity index (χ1n) is 9.58. The molecule has 3 aromatic carbocycles. The first-order chi connectivity index (χ1) is 15.5. The smallest absolute Gasteiger partial charge is 0.337 e. The highest BCUT2D eigenvalue weighted by Gasteiger charge is 2.13. The maximum atomic E-state index is 13.8. The molecule has 0 aromatic heterocycles. The van der Waals surface area contributed by atoms with Crippen LogP contribution in [0.25, 0.3) is 6.08 Å². The highest BCUT2D eigenvalue weighted by atomic mass is 19.1. The Kier molecular flexibility index (Phi) is 7.33. The Labute approximate surface area is 184 Å². The van der Waals surface area contributed by atoms with Crippen LogP contribution in [-0.2, 0) is 16.1 Å². The summed E-state index contributed by atoms with van der Waals surface area (Å²) in [5.41, 5.74) is 1.54. The molecule has 0 saturated carbocycles. The van der Waals surface area contributed by atoms with E-state index >= 15 is 0 Å². The lowest BCUT2D eigenvalue weighted by Gasteiger charge is -2.10. The van der Waals surface area contributed by atoms with Gasteiger partial charge in [0.15, 0.2) is 0 Å². The lowest BCUT2D eigenvalue weighted by atomic mass is 10.1. The summed E-state index contributed by atoms with van der Waals surface area (Å²) in [4.78, 5) is 24.0. The molecule has 0 saturated heterocycles. The number of esters is 1. The molecule has 0 bridgehead atoms. The van der Waals surface area contributed by atoms with Crippen molar-refractivity contribution in [1.82, 2.24) is 0 Å². The summed E-state index contributed by atoms with van der Waals surface area (Å²) in [5, 5.41) is 11.8. The molecule has 7 heteroatoms. The van der Waals surface area contributed by atoms with Gasteiger partial charge in [-0.3, -0.25) is 4.79 Å². The van der Waals surface area contributed by atoms with Crippen molar-refractivity contribution < 1.29 is 23.5 Å². The normalized spacial score (nSPS) is 10.7. The van der Waals surface area contributed by atoms with Gasteiger partial charge in [0.2, 0.25) is 0 Å². The minimum absolute atomic E-state index is 0.0152. The van der Waals surface area contributed by atoms with Gasteiger partial charge < -0.3 is 14.8 Å². The molecule has 6 nitrogen and oxygen atoms in total. The molecular weight excluding hydrogens is 411 g/mol. The SMILES string of the molecule is COC(=O)c1ccc(COc2ccccc2C=C(C#N)C(=O)Nc2ccccc2F)cc1. The summed E-state index contributed by atoms with van der Waals surface area (Å²) in [6.45, 7) is 0.204. The van der Waals surface area contributed by atoms with Crippen LogP contribution >= 0.6 is 0 Å². The number of carbonyl (C=O) groups excluding carboxylic acids is 2. The van der Waals surface area contributed by atoms with E-state index in [1.54, 1.807) is 54.6 Å². The Bertz CT molecular complexity index is 1200. The number of nitrogens with one attached hydrogen (secondary N) is 1. The zero-order valence-electron chi connectivity index (χ0n) is 17.2. The predicted molar refractivity (Wildman–Crippen MR) is 117 cm³/mol. The number of rotatable bonds is 7. The fraction of sp³-hybridized carbons (Fsp3) is 0.0800. The number of halogens is 1. The number of anilines is 1. The zero-order valence-corrected chi connectivity index (χ0v) is 17.2. The molecular formula is C25H19FN2O4. The number of benzene rings is 3. The van der Waals surface area contributed by atoms with Crippen molar-refractivity contribution in [3.05, 3.63) is 101 Å². The summed E-state index contributed by atoms with van der Waals surface area (Å²) in [6.07, 6.45) is 1.38. The molecule has 0 unspecified atom stereocenters. The number of methoxy groups -OCH3 is 1. The van der Waals surface area contributed by atoms with Crippen molar-refractivity contribution in [2.24, 2.45) is 0 Å². The molecule has 0 atom stereocenters. The van der Waals surface area contributed by atoms with Crippen LogP contribution in [0, 0.1) is 17.1 Å². The van der Waals surface area contributed by atoms with Gasteiger partial charge in [0.05, 0.1) is 18.4 Å². The van der Waals surface area contributed by atoms with Crippen molar-refractivity contribution in [1.29, 1.82) is 5.26 Å². The van der Waals surface area contributed by atoms with Crippen LogP contribution in [0.1, 0.15) is 21.5 Å². The first-order valence-corrected chi connectivity index (χ1v) is 9.58. The fourth-order valence-electron chi connectivity index (χ4n) is 2.80. The number of para-hydroxylation sites is 2. The molecule has 0 spiro atoms. The van der Waals surface area contributed by atoms with E-state index < -0.39 is 17.7 Å². The highest BCUT2D eigenvalue weighted by molar-refractivity contribution is 6.09. The van der Waals surface area contributed by atoms with Gasteiger partial charge >= 0.3 is 5.97 Å². The van der Waals surface area contributed by atoms with E-state index in [9.17, 15) is 19.2 Å². The Balaban J connectivity index is 1.75. The third-order valence-corrected chi connectivity index (χ3v) is 4.48. The summed E-state index contributed by atoms with van der Waals surface area (Å²) >= 11 is 0. The summed E-state index contributed by atoms with van der Waals surface area (Å²) < 4.78 is 24.3. The van der Waals surface area contributed by atoms with Crippen LogP contribution in [0.4, 0.5) is 10.1 Å². The van der Waals surface area contributed by atoms with E-state index in [2.05, 4.69) is 10.1 Å². The summed E-state index contributed by atoms with van der Waals surface area (Å²) in [6, 6.07) is 21.2. The van der Waals surface area contributed by atoms with Gasteiger partial charge in [0.25, 0.3) is 5.91 Å². The maximum absolute atomic E-state index is 13.8. The average molecular weight is 430 g/mol. The number of nitriles is 1. The molecule has 0 aliphatic rings. The molecule has 0 radical (unpaired) electrons. The second-order valence-electron chi connectivity index (χ2n) is 6.62. The van der Waals surface area contributed by atoms with Crippen molar-refractivity contribution in [2.45, 2.75) is 6.61 Å². The van der Waals surface area contributed by atoms with Gasteiger partial charge in [-0.1, -0.05) is 42.5 Å². The number of hydrogen-bond acceptors (Lipinski definition) is 5. The van der Waals surface area contributed by atoms with Gasteiger partial charge in [-0.25, -0.2) is 9.18 Å². The third kappa shape index (κ3) is 5.58. The largest absolute Gasteiger partial charge is 0.488 e. The average Bonchev–Trinajstić information content (AvgIpc) is 2.83. The Morgan fingerprint density at radius 1 is 1.03 bits per heavy atom. The predicted octanol–water partition coefficient (Wildman–Crippen LogP) is 4.74. The van der Waals surface area contributed by atoms with E-state index in [0.29, 0.717) is 16.9 Å². The molecule has 3 rings (SSSR count). The van der Waals surface area contributed by atoms with Gasteiger partial charge in [0, 0.05) is 5.56 Å². The van der Waals surface area contributed by atoms with Gasteiger partial charge in [-0.15, -0.1) is 0 Å². The van der Waals surface area contributed by atoms with E-state index in [0.717, 1.165) is 5.56 Å². The number of hydrogen-bond donors (Lipinski definition) is 1. The number of amides is 1. The van der Waals surface area contributed by atoms with Crippen LogP contribution in [0.2, 0.25) is 0 Å². The van der Waals surface area contributed by atoms with Crippen molar-refractivity contribution in [3.8, 4) is 11.8 Å². The molecule has 0 fully saturated rings. The minimum atomic E-state index is -0.731. The Hall–Kier alpha value is -4.44. The van der Waals surface area contributed by atoms with E-state index in [4.69, 9.17) is 4.74 Å². The zero-order chi connectivity index (χ0) is 22.9. The lowest BCUT2D eigenvalue weighted by Crippen LogP contribution is -2.14. The van der Waals surface area contributed by atoms with Gasteiger partial charge in [-0.2, -0.15) is 5.26 Å². The van der Waals surface area contributed by atoms with Crippen molar-refractivity contribution >= 4 is 23.6 Å². The second kappa shape index (κ2) is 10.5. The van der Waals surface area contributed by atoms with Gasteiger partial charge in [0.1, 0.15) is 29.8 Å². The number of ether oxygens (including phenoxy) is 2. The van der Waals surface area contributed by atoms with Crippen molar-refractivity contribution in [2.75, 3.05) is 12.4 Å². The molecule has 1 amide bonds. The standard InChI is InChI=1S/C25H19FN2O4/c1-31-25(30)18-12-10-17(11-13-18)16-32-23-9-5-2-6-19(23)14-20(15-27)24(29)28-22-8-4-3-7-21(22)26/h2-14H,16H2,1H3,(H,28,29). The summed E-state index contributed by atoms with van der Waals surface area (Å²) in [7, 11) is 1.32. The molecule has 1 N–H and O–H groups in total. The molecule has 0 aliphatic carbocycles. The van der Waals surface area contributed by atoms with Crippen LogP contribution in [-0.4, -0.2) is 19.0 Å². The van der Waals surface area contributed by atoms with Crippen LogP contribution in [0.5, 0.6) is 5.75 Å². The number of carbonyl (C=O) groups is 2. The molecule has 0 aliphatic heterocycles. The first kappa shape index (κ1) is 22.2. The van der Waals surface area contributed by atoms with E-state index in [1.807, 2.05) is 6.07 Å². The maximum Gasteiger partial charge on any atom is 0.337 e. The van der Waals surface area contributed by atoms with Crippen LogP contribution in [0.3, 0.4) is 0 Å². The lowest BCUT2D eigenvalue weighted by molar-refractivity contribution is -0.112. The topological polar surface area (TPSA) is 88.4 Å². The molecule has 0 heterocycles. The van der Waals surface area contributed by atoms with E-state index in [1.165, 1.54) is 31.4 Å². The van der Waals surface area contributed by atoms with Crippen LogP contribution in [0.15, 0.2) is 78.4 Å². The Morgan fingerprint density at radius 2 is 1.72 bits per heavy atom.